The standard InChI is InChI=1S/C20H21NO4/c1-15(22)21-19(14-17-6-4-3-5-7-17)20(23)25-13-12-16-8-10-18(24-2)11-9-16/h3-11,14H,12-13H2,1-2H3,(H,21,22)/b19-14+. The van der Waals surface area contributed by atoms with E-state index in [1.165, 1.54) is 6.92 Å². The summed E-state index contributed by atoms with van der Waals surface area (Å²) in [5.41, 5.74) is 1.95. The molecule has 0 aliphatic carbocycles. The highest BCUT2D eigenvalue weighted by atomic mass is 16.5. The molecule has 0 radical (unpaired) electrons. The number of rotatable bonds is 7. The minimum atomic E-state index is -0.562. The van der Waals surface area contributed by atoms with Gasteiger partial charge in [-0.05, 0) is 29.3 Å². The fourth-order valence-corrected chi connectivity index (χ4v) is 2.18. The van der Waals surface area contributed by atoms with Crippen LogP contribution in [0.3, 0.4) is 0 Å². The van der Waals surface area contributed by atoms with Crippen molar-refractivity contribution in [2.24, 2.45) is 0 Å². The first-order valence-electron chi connectivity index (χ1n) is 7.93. The largest absolute Gasteiger partial charge is 0.497 e. The average Bonchev–Trinajstić information content (AvgIpc) is 2.62. The highest BCUT2D eigenvalue weighted by Crippen LogP contribution is 2.12. The number of carbonyl (C=O) groups excluding carboxylic acids is 2. The summed E-state index contributed by atoms with van der Waals surface area (Å²) in [5.74, 6) is -0.110. The van der Waals surface area contributed by atoms with Crippen LogP contribution in [0.4, 0.5) is 0 Å². The van der Waals surface area contributed by atoms with E-state index in [4.69, 9.17) is 9.47 Å². The van der Waals surface area contributed by atoms with Gasteiger partial charge in [0.15, 0.2) is 0 Å². The van der Waals surface area contributed by atoms with Crippen molar-refractivity contribution in [3.8, 4) is 5.75 Å². The van der Waals surface area contributed by atoms with Crippen molar-refractivity contribution < 1.29 is 19.1 Å². The van der Waals surface area contributed by atoms with E-state index in [1.54, 1.807) is 13.2 Å². The lowest BCUT2D eigenvalue weighted by molar-refractivity contribution is -0.140. The minimum Gasteiger partial charge on any atom is -0.497 e. The van der Waals surface area contributed by atoms with Gasteiger partial charge in [0.25, 0.3) is 0 Å². The van der Waals surface area contributed by atoms with Crippen LogP contribution in [0.5, 0.6) is 5.75 Å². The summed E-state index contributed by atoms with van der Waals surface area (Å²) in [6, 6.07) is 16.8. The van der Waals surface area contributed by atoms with Crippen molar-refractivity contribution in [2.45, 2.75) is 13.3 Å². The molecule has 0 atom stereocenters. The molecule has 0 aliphatic rings. The molecule has 0 aliphatic heterocycles. The van der Waals surface area contributed by atoms with Crippen LogP contribution in [0, 0.1) is 0 Å². The maximum Gasteiger partial charge on any atom is 0.354 e. The predicted molar refractivity (Wildman–Crippen MR) is 95.9 cm³/mol. The zero-order valence-electron chi connectivity index (χ0n) is 14.3. The number of nitrogens with one attached hydrogen (secondary N) is 1. The summed E-state index contributed by atoms with van der Waals surface area (Å²) < 4.78 is 10.4. The van der Waals surface area contributed by atoms with Crippen LogP contribution < -0.4 is 10.1 Å². The first-order chi connectivity index (χ1) is 12.1. The third-order valence-electron chi connectivity index (χ3n) is 3.42. The molecular formula is C20H21NO4. The number of hydrogen-bond acceptors (Lipinski definition) is 4. The van der Waals surface area contributed by atoms with Crippen LogP contribution in [0.15, 0.2) is 60.3 Å². The van der Waals surface area contributed by atoms with Gasteiger partial charge >= 0.3 is 5.97 Å². The number of ether oxygens (including phenoxy) is 2. The fourth-order valence-electron chi connectivity index (χ4n) is 2.18. The summed E-state index contributed by atoms with van der Waals surface area (Å²) in [6.45, 7) is 1.57. The Balaban J connectivity index is 1.96. The zero-order valence-corrected chi connectivity index (χ0v) is 14.3. The van der Waals surface area contributed by atoms with E-state index in [9.17, 15) is 9.59 Å². The van der Waals surface area contributed by atoms with E-state index in [2.05, 4.69) is 5.32 Å². The van der Waals surface area contributed by atoms with Crippen molar-refractivity contribution in [1.29, 1.82) is 0 Å². The molecule has 0 spiro atoms. The average molecular weight is 339 g/mol. The SMILES string of the molecule is COc1ccc(CCOC(=O)/C(=C\c2ccccc2)NC(C)=O)cc1. The molecule has 2 aromatic carbocycles. The second-order valence-electron chi connectivity index (χ2n) is 5.38. The molecule has 0 saturated heterocycles. The second kappa shape index (κ2) is 9.27. The van der Waals surface area contributed by atoms with Crippen molar-refractivity contribution in [3.05, 3.63) is 71.4 Å². The highest BCUT2D eigenvalue weighted by molar-refractivity contribution is 5.97. The van der Waals surface area contributed by atoms with Gasteiger partial charge in [0.05, 0.1) is 13.7 Å². The topological polar surface area (TPSA) is 64.6 Å². The summed E-state index contributed by atoms with van der Waals surface area (Å²) in [6.07, 6.45) is 2.17. The molecule has 0 saturated carbocycles. The molecular weight excluding hydrogens is 318 g/mol. The van der Waals surface area contributed by atoms with Crippen LogP contribution >= 0.6 is 0 Å². The lowest BCUT2D eigenvalue weighted by Gasteiger charge is -2.09. The van der Waals surface area contributed by atoms with Gasteiger partial charge in [-0.15, -0.1) is 0 Å². The molecule has 0 bridgehead atoms. The Kier molecular flexibility index (Phi) is 6.77. The summed E-state index contributed by atoms with van der Waals surface area (Å²) in [7, 11) is 1.61. The second-order valence-corrected chi connectivity index (χ2v) is 5.38. The number of amides is 1. The van der Waals surface area contributed by atoms with E-state index < -0.39 is 5.97 Å². The minimum absolute atomic E-state index is 0.119. The van der Waals surface area contributed by atoms with Gasteiger partial charge in [0, 0.05) is 13.3 Å². The van der Waals surface area contributed by atoms with Gasteiger partial charge < -0.3 is 14.8 Å². The molecule has 1 N–H and O–H groups in total. The van der Waals surface area contributed by atoms with E-state index in [0.717, 1.165) is 16.9 Å². The van der Waals surface area contributed by atoms with Crippen molar-refractivity contribution >= 4 is 18.0 Å². The van der Waals surface area contributed by atoms with Gasteiger partial charge in [-0.1, -0.05) is 42.5 Å². The van der Waals surface area contributed by atoms with Gasteiger partial charge in [-0.25, -0.2) is 4.79 Å². The number of methoxy groups -OCH3 is 1. The van der Waals surface area contributed by atoms with E-state index in [1.807, 2.05) is 54.6 Å². The van der Waals surface area contributed by atoms with Crippen LogP contribution in [0.1, 0.15) is 18.1 Å². The first kappa shape index (κ1) is 18.3. The maximum atomic E-state index is 12.2. The summed E-state index contributed by atoms with van der Waals surface area (Å²) in [5, 5.41) is 2.52. The molecule has 5 nitrogen and oxygen atoms in total. The molecule has 0 fully saturated rings. The molecule has 25 heavy (non-hydrogen) atoms. The highest BCUT2D eigenvalue weighted by Gasteiger charge is 2.12. The Morgan fingerprint density at radius 1 is 1.04 bits per heavy atom. The molecule has 2 aromatic rings. The summed E-state index contributed by atoms with van der Waals surface area (Å²) in [4.78, 5) is 23.6. The van der Waals surface area contributed by atoms with E-state index in [0.29, 0.717) is 6.42 Å². The fraction of sp³-hybridized carbons (Fsp3) is 0.200. The van der Waals surface area contributed by atoms with Crippen LogP contribution in [0.25, 0.3) is 6.08 Å². The monoisotopic (exact) mass is 339 g/mol. The van der Waals surface area contributed by atoms with Gasteiger partial charge in [-0.2, -0.15) is 0 Å². The Labute approximate surface area is 147 Å². The lowest BCUT2D eigenvalue weighted by atomic mass is 10.1. The van der Waals surface area contributed by atoms with Gasteiger partial charge in [0.2, 0.25) is 5.91 Å². The van der Waals surface area contributed by atoms with Gasteiger partial charge in [-0.3, -0.25) is 4.79 Å². The van der Waals surface area contributed by atoms with Crippen LogP contribution in [-0.2, 0) is 20.7 Å². The van der Waals surface area contributed by atoms with E-state index >= 15 is 0 Å². The van der Waals surface area contributed by atoms with Crippen molar-refractivity contribution in [3.63, 3.8) is 0 Å². The predicted octanol–water partition coefficient (Wildman–Crippen LogP) is 2.96. The lowest BCUT2D eigenvalue weighted by Crippen LogP contribution is -2.26. The number of benzene rings is 2. The van der Waals surface area contributed by atoms with Crippen molar-refractivity contribution in [1.82, 2.24) is 5.32 Å². The molecule has 0 aromatic heterocycles. The maximum absolute atomic E-state index is 12.2. The quantitative estimate of drug-likeness (QED) is 0.622. The normalized spacial score (nSPS) is 10.9. The molecule has 2 rings (SSSR count). The molecule has 130 valence electrons. The smallest absolute Gasteiger partial charge is 0.354 e. The van der Waals surface area contributed by atoms with Crippen LogP contribution in [-0.4, -0.2) is 25.6 Å². The third kappa shape index (κ3) is 6.14. The van der Waals surface area contributed by atoms with E-state index in [-0.39, 0.29) is 18.2 Å². The Hall–Kier alpha value is -3.08. The first-order valence-corrected chi connectivity index (χ1v) is 7.93. The molecule has 0 heterocycles. The van der Waals surface area contributed by atoms with Gasteiger partial charge in [0.1, 0.15) is 11.4 Å². The number of esters is 1. The third-order valence-corrected chi connectivity index (χ3v) is 3.42. The Morgan fingerprint density at radius 3 is 2.32 bits per heavy atom. The molecule has 1 amide bonds. The Morgan fingerprint density at radius 2 is 1.72 bits per heavy atom. The Bertz CT molecular complexity index is 736. The molecule has 5 heteroatoms. The number of hydrogen-bond donors (Lipinski definition) is 1. The number of carbonyl (C=O) groups is 2. The zero-order chi connectivity index (χ0) is 18.1. The molecule has 0 unspecified atom stereocenters. The van der Waals surface area contributed by atoms with Crippen LogP contribution in [0.2, 0.25) is 0 Å². The summed E-state index contributed by atoms with van der Waals surface area (Å²) >= 11 is 0. The van der Waals surface area contributed by atoms with Crippen molar-refractivity contribution in [2.75, 3.05) is 13.7 Å².